The maximum absolute atomic E-state index is 12.2. The Balaban J connectivity index is 1.80. The molecule has 0 saturated heterocycles. The molecule has 0 bridgehead atoms. The number of methoxy groups -OCH3 is 1. The average Bonchev–Trinajstić information content (AvgIpc) is 2.90. The maximum atomic E-state index is 12.2. The Labute approximate surface area is 148 Å². The number of cyclic esters (lactones) is 1. The molecule has 0 aromatic heterocycles. The zero-order valence-corrected chi connectivity index (χ0v) is 13.9. The van der Waals surface area contributed by atoms with E-state index in [1.807, 2.05) is 0 Å². The predicted octanol–water partition coefficient (Wildman–Crippen LogP) is 3.30. The molecule has 1 atom stereocenters. The van der Waals surface area contributed by atoms with Gasteiger partial charge in [0.1, 0.15) is 11.4 Å². The van der Waals surface area contributed by atoms with Gasteiger partial charge in [0.15, 0.2) is 5.03 Å². The Kier molecular flexibility index (Phi) is 4.90. The van der Waals surface area contributed by atoms with Crippen molar-refractivity contribution in [3.8, 4) is 5.75 Å². The van der Waals surface area contributed by atoms with Crippen LogP contribution < -0.4 is 10.1 Å². The van der Waals surface area contributed by atoms with E-state index in [0.29, 0.717) is 17.0 Å². The van der Waals surface area contributed by atoms with E-state index in [0.717, 1.165) is 0 Å². The van der Waals surface area contributed by atoms with Crippen molar-refractivity contribution < 1.29 is 23.8 Å². The largest absolute Gasteiger partial charge is 0.497 e. The first-order valence-electron chi connectivity index (χ1n) is 7.36. The summed E-state index contributed by atoms with van der Waals surface area (Å²) in [7, 11) is 1.54. The van der Waals surface area contributed by atoms with Gasteiger partial charge in [0.25, 0.3) is 6.29 Å². The molecule has 2 aromatic carbocycles. The van der Waals surface area contributed by atoms with Crippen LogP contribution >= 0.6 is 11.6 Å². The standard InChI is InChI=1S/C18H14ClNO5/c1-23-13-9-5-8-12(10-13)20-15-14(19)17(22)25-18(15)24-16(21)11-6-3-2-4-7-11/h2-10,18,20H,1H3/t18-/m1/s1. The van der Waals surface area contributed by atoms with Gasteiger partial charge in [-0.05, 0) is 24.3 Å². The molecular weight excluding hydrogens is 346 g/mol. The van der Waals surface area contributed by atoms with Gasteiger partial charge in [0.2, 0.25) is 0 Å². The number of carbonyl (C=O) groups is 2. The number of halogens is 1. The molecule has 1 N–H and O–H groups in total. The van der Waals surface area contributed by atoms with Crippen LogP contribution in [0.25, 0.3) is 0 Å². The average molecular weight is 360 g/mol. The molecule has 0 unspecified atom stereocenters. The van der Waals surface area contributed by atoms with Gasteiger partial charge in [-0.25, -0.2) is 9.59 Å². The molecule has 0 amide bonds. The van der Waals surface area contributed by atoms with Crippen molar-refractivity contribution in [2.45, 2.75) is 6.29 Å². The van der Waals surface area contributed by atoms with Crippen LogP contribution in [0.2, 0.25) is 0 Å². The summed E-state index contributed by atoms with van der Waals surface area (Å²) in [5.41, 5.74) is 1.10. The minimum Gasteiger partial charge on any atom is -0.497 e. The Hall–Kier alpha value is -2.99. The second-order valence-electron chi connectivity index (χ2n) is 5.09. The fourth-order valence-corrected chi connectivity index (χ4v) is 2.39. The highest BCUT2D eigenvalue weighted by Gasteiger charge is 2.36. The summed E-state index contributed by atoms with van der Waals surface area (Å²) < 4.78 is 15.4. The highest BCUT2D eigenvalue weighted by molar-refractivity contribution is 6.42. The van der Waals surface area contributed by atoms with E-state index in [4.69, 9.17) is 25.8 Å². The van der Waals surface area contributed by atoms with E-state index in [-0.39, 0.29) is 10.7 Å². The van der Waals surface area contributed by atoms with Gasteiger partial charge in [-0.3, -0.25) is 0 Å². The normalized spacial score (nSPS) is 16.4. The number of nitrogens with one attached hydrogen (secondary N) is 1. The van der Waals surface area contributed by atoms with E-state index in [1.165, 1.54) is 7.11 Å². The molecule has 128 valence electrons. The third-order valence-corrected chi connectivity index (χ3v) is 3.80. The molecule has 0 fully saturated rings. The SMILES string of the molecule is COc1cccc(NC2=C(Cl)C(=O)O[C@H]2OC(=O)c2ccccc2)c1. The molecule has 1 heterocycles. The first-order chi connectivity index (χ1) is 12.1. The number of hydrogen-bond acceptors (Lipinski definition) is 6. The van der Waals surface area contributed by atoms with Crippen molar-refractivity contribution in [3.05, 3.63) is 70.9 Å². The lowest BCUT2D eigenvalue weighted by molar-refractivity contribution is -0.152. The molecule has 0 aliphatic carbocycles. The van der Waals surface area contributed by atoms with Crippen molar-refractivity contribution in [2.24, 2.45) is 0 Å². The highest BCUT2D eigenvalue weighted by atomic mass is 35.5. The van der Waals surface area contributed by atoms with Gasteiger partial charge in [0.05, 0.1) is 12.7 Å². The van der Waals surface area contributed by atoms with Crippen LogP contribution in [-0.2, 0) is 14.3 Å². The molecule has 0 radical (unpaired) electrons. The minimum absolute atomic E-state index is 0.157. The third kappa shape index (κ3) is 3.75. The van der Waals surface area contributed by atoms with Gasteiger partial charge in [-0.2, -0.15) is 0 Å². The number of ether oxygens (including phenoxy) is 3. The number of esters is 2. The van der Waals surface area contributed by atoms with Crippen molar-refractivity contribution in [1.29, 1.82) is 0 Å². The number of anilines is 1. The summed E-state index contributed by atoms with van der Waals surface area (Å²) in [4.78, 5) is 23.9. The predicted molar refractivity (Wildman–Crippen MR) is 91.2 cm³/mol. The lowest BCUT2D eigenvalue weighted by Crippen LogP contribution is -2.24. The molecule has 25 heavy (non-hydrogen) atoms. The second kappa shape index (κ2) is 7.27. The van der Waals surface area contributed by atoms with E-state index >= 15 is 0 Å². The van der Waals surface area contributed by atoms with Crippen LogP contribution in [0.5, 0.6) is 5.75 Å². The van der Waals surface area contributed by atoms with Crippen molar-refractivity contribution in [2.75, 3.05) is 12.4 Å². The molecular formula is C18H14ClNO5. The number of rotatable bonds is 5. The summed E-state index contributed by atoms with van der Waals surface area (Å²) in [6.45, 7) is 0. The smallest absolute Gasteiger partial charge is 0.355 e. The number of hydrogen-bond donors (Lipinski definition) is 1. The monoisotopic (exact) mass is 359 g/mol. The zero-order valence-electron chi connectivity index (χ0n) is 13.2. The minimum atomic E-state index is -1.25. The van der Waals surface area contributed by atoms with E-state index in [9.17, 15) is 9.59 Å². The molecule has 2 aromatic rings. The summed E-state index contributed by atoms with van der Waals surface area (Å²) >= 11 is 6.00. The lowest BCUT2D eigenvalue weighted by atomic mass is 10.2. The van der Waals surface area contributed by atoms with Gasteiger partial charge in [-0.1, -0.05) is 35.9 Å². The van der Waals surface area contributed by atoms with Crippen molar-refractivity contribution >= 4 is 29.2 Å². The molecule has 3 rings (SSSR count). The first kappa shape index (κ1) is 16.9. The summed E-state index contributed by atoms with van der Waals surface area (Å²) in [6.07, 6.45) is -1.25. The fourth-order valence-electron chi connectivity index (χ4n) is 2.21. The summed E-state index contributed by atoms with van der Waals surface area (Å²) in [5, 5.41) is 2.77. The van der Waals surface area contributed by atoms with E-state index in [2.05, 4.69) is 5.32 Å². The topological polar surface area (TPSA) is 73.9 Å². The van der Waals surface area contributed by atoms with Gasteiger partial charge < -0.3 is 19.5 Å². The van der Waals surface area contributed by atoms with Crippen LogP contribution in [0.4, 0.5) is 5.69 Å². The number of carbonyl (C=O) groups excluding carboxylic acids is 2. The molecule has 1 aliphatic rings. The van der Waals surface area contributed by atoms with Crippen molar-refractivity contribution in [3.63, 3.8) is 0 Å². The highest BCUT2D eigenvalue weighted by Crippen LogP contribution is 2.29. The Morgan fingerprint density at radius 3 is 2.64 bits per heavy atom. The van der Waals surface area contributed by atoms with Crippen LogP contribution in [0, 0.1) is 0 Å². The van der Waals surface area contributed by atoms with E-state index < -0.39 is 18.2 Å². The summed E-state index contributed by atoms with van der Waals surface area (Å²) in [5.74, 6) is -0.780. The zero-order chi connectivity index (χ0) is 17.8. The molecule has 0 spiro atoms. The Morgan fingerprint density at radius 1 is 1.16 bits per heavy atom. The lowest BCUT2D eigenvalue weighted by Gasteiger charge is -2.16. The van der Waals surface area contributed by atoms with Crippen LogP contribution in [0.3, 0.4) is 0 Å². The number of benzene rings is 2. The maximum Gasteiger partial charge on any atom is 0.355 e. The molecule has 7 heteroatoms. The third-order valence-electron chi connectivity index (χ3n) is 3.44. The quantitative estimate of drug-likeness (QED) is 0.826. The molecule has 1 aliphatic heterocycles. The molecule has 0 saturated carbocycles. The first-order valence-corrected chi connectivity index (χ1v) is 7.74. The van der Waals surface area contributed by atoms with E-state index in [1.54, 1.807) is 54.6 Å². The van der Waals surface area contributed by atoms with Gasteiger partial charge in [-0.15, -0.1) is 0 Å². The van der Waals surface area contributed by atoms with Crippen LogP contribution in [0.1, 0.15) is 10.4 Å². The van der Waals surface area contributed by atoms with Crippen LogP contribution in [0.15, 0.2) is 65.3 Å². The summed E-state index contributed by atoms with van der Waals surface area (Å²) in [6, 6.07) is 15.4. The fraction of sp³-hybridized carbons (Fsp3) is 0.111. The van der Waals surface area contributed by atoms with Gasteiger partial charge >= 0.3 is 11.9 Å². The Morgan fingerprint density at radius 2 is 1.92 bits per heavy atom. The Bertz CT molecular complexity index is 834. The van der Waals surface area contributed by atoms with Gasteiger partial charge in [0, 0.05) is 11.8 Å². The second-order valence-corrected chi connectivity index (χ2v) is 5.47. The molecule has 6 nitrogen and oxygen atoms in total. The van der Waals surface area contributed by atoms with Crippen molar-refractivity contribution in [1.82, 2.24) is 0 Å². The van der Waals surface area contributed by atoms with Crippen LogP contribution in [-0.4, -0.2) is 25.3 Å².